The van der Waals surface area contributed by atoms with E-state index in [0.29, 0.717) is 11.4 Å². The third-order valence-corrected chi connectivity index (χ3v) is 3.01. The van der Waals surface area contributed by atoms with E-state index in [1.807, 2.05) is 0 Å². The molecule has 0 saturated carbocycles. The lowest BCUT2D eigenvalue weighted by atomic mass is 10.1. The Labute approximate surface area is 100 Å². The molecule has 0 aromatic heterocycles. The van der Waals surface area contributed by atoms with Crippen molar-refractivity contribution >= 4 is 40.2 Å². The average Bonchev–Trinajstić information content (AvgIpc) is 2.09. The monoisotopic (exact) mass is 325 g/mol. The maximum absolute atomic E-state index is 10.5. The van der Waals surface area contributed by atoms with Gasteiger partial charge in [0.25, 0.3) is 0 Å². The SMILES string of the molecule is N[C@H](Cc1ccc(Cl)cc1I)C(=O)O. The molecule has 0 amide bonds. The summed E-state index contributed by atoms with van der Waals surface area (Å²) in [7, 11) is 0. The van der Waals surface area contributed by atoms with Crippen LogP contribution in [0.4, 0.5) is 0 Å². The molecule has 3 N–H and O–H groups in total. The predicted molar refractivity (Wildman–Crippen MR) is 63.5 cm³/mol. The van der Waals surface area contributed by atoms with Crippen LogP contribution in [0.15, 0.2) is 18.2 Å². The molecule has 76 valence electrons. The number of rotatable bonds is 3. The average molecular weight is 326 g/mol. The molecule has 0 fully saturated rings. The fraction of sp³-hybridized carbons (Fsp3) is 0.222. The molecule has 0 heterocycles. The molecule has 5 heteroatoms. The van der Waals surface area contributed by atoms with Crippen molar-refractivity contribution in [1.29, 1.82) is 0 Å². The zero-order chi connectivity index (χ0) is 10.7. The number of carbonyl (C=O) groups is 1. The minimum atomic E-state index is -0.990. The highest BCUT2D eigenvalue weighted by Crippen LogP contribution is 2.18. The lowest BCUT2D eigenvalue weighted by Crippen LogP contribution is -2.32. The van der Waals surface area contributed by atoms with Gasteiger partial charge in [0, 0.05) is 8.59 Å². The van der Waals surface area contributed by atoms with Gasteiger partial charge in [-0.1, -0.05) is 17.7 Å². The maximum Gasteiger partial charge on any atom is 0.320 e. The van der Waals surface area contributed by atoms with Gasteiger partial charge in [-0.05, 0) is 46.7 Å². The molecule has 0 aliphatic heterocycles. The van der Waals surface area contributed by atoms with Crippen molar-refractivity contribution in [2.75, 3.05) is 0 Å². The Bertz CT molecular complexity index is 357. The quantitative estimate of drug-likeness (QED) is 0.834. The first kappa shape index (κ1) is 11.7. The number of benzene rings is 1. The highest BCUT2D eigenvalue weighted by atomic mass is 127. The summed E-state index contributed by atoms with van der Waals surface area (Å²) in [5.41, 5.74) is 6.33. The summed E-state index contributed by atoms with van der Waals surface area (Å²) >= 11 is 7.87. The van der Waals surface area contributed by atoms with Crippen LogP contribution in [-0.4, -0.2) is 17.1 Å². The predicted octanol–water partition coefficient (Wildman–Crippen LogP) is 1.90. The van der Waals surface area contributed by atoms with Gasteiger partial charge in [-0.15, -0.1) is 0 Å². The molecule has 0 aliphatic rings. The normalized spacial score (nSPS) is 12.5. The van der Waals surface area contributed by atoms with E-state index in [0.717, 1.165) is 9.13 Å². The molecule has 0 spiro atoms. The van der Waals surface area contributed by atoms with Gasteiger partial charge in [0.1, 0.15) is 6.04 Å². The fourth-order valence-corrected chi connectivity index (χ4v) is 2.10. The highest BCUT2D eigenvalue weighted by Gasteiger charge is 2.13. The Balaban J connectivity index is 2.82. The van der Waals surface area contributed by atoms with Gasteiger partial charge < -0.3 is 10.8 Å². The third kappa shape index (κ3) is 3.11. The first-order chi connectivity index (χ1) is 6.50. The zero-order valence-corrected chi connectivity index (χ0v) is 10.1. The van der Waals surface area contributed by atoms with Crippen LogP contribution < -0.4 is 5.73 Å². The minimum Gasteiger partial charge on any atom is -0.480 e. The van der Waals surface area contributed by atoms with Gasteiger partial charge in [-0.2, -0.15) is 0 Å². The molecular weight excluding hydrogens is 316 g/mol. The van der Waals surface area contributed by atoms with Gasteiger partial charge >= 0.3 is 5.97 Å². The number of aliphatic carboxylic acids is 1. The van der Waals surface area contributed by atoms with Gasteiger partial charge in [-0.25, -0.2) is 0 Å². The molecule has 0 unspecified atom stereocenters. The van der Waals surface area contributed by atoms with Crippen molar-refractivity contribution in [3.8, 4) is 0 Å². The van der Waals surface area contributed by atoms with Crippen LogP contribution in [0.2, 0.25) is 5.02 Å². The van der Waals surface area contributed by atoms with E-state index < -0.39 is 12.0 Å². The van der Waals surface area contributed by atoms with Gasteiger partial charge in [-0.3, -0.25) is 4.79 Å². The number of halogens is 2. The minimum absolute atomic E-state index is 0.324. The summed E-state index contributed by atoms with van der Waals surface area (Å²) in [4.78, 5) is 10.5. The Morgan fingerprint density at radius 2 is 2.29 bits per heavy atom. The molecule has 1 aromatic rings. The molecule has 0 saturated heterocycles. The third-order valence-electron chi connectivity index (χ3n) is 1.77. The molecule has 0 bridgehead atoms. The number of nitrogens with two attached hydrogens (primary N) is 1. The second-order valence-corrected chi connectivity index (χ2v) is 4.48. The molecular formula is C9H9ClINO2. The Morgan fingerprint density at radius 1 is 1.64 bits per heavy atom. The second kappa shape index (κ2) is 4.95. The summed E-state index contributed by atoms with van der Waals surface area (Å²) in [5.74, 6) is -0.990. The molecule has 1 atom stereocenters. The summed E-state index contributed by atoms with van der Waals surface area (Å²) in [6.45, 7) is 0. The lowest BCUT2D eigenvalue weighted by Gasteiger charge is -2.08. The highest BCUT2D eigenvalue weighted by molar-refractivity contribution is 14.1. The molecule has 1 rings (SSSR count). The molecule has 0 aliphatic carbocycles. The van der Waals surface area contributed by atoms with Crippen molar-refractivity contribution in [3.05, 3.63) is 32.4 Å². The van der Waals surface area contributed by atoms with E-state index in [-0.39, 0.29) is 0 Å². The maximum atomic E-state index is 10.5. The lowest BCUT2D eigenvalue weighted by molar-refractivity contribution is -0.138. The fourth-order valence-electron chi connectivity index (χ4n) is 1.01. The topological polar surface area (TPSA) is 63.3 Å². The smallest absolute Gasteiger partial charge is 0.320 e. The van der Waals surface area contributed by atoms with E-state index in [1.54, 1.807) is 18.2 Å². The van der Waals surface area contributed by atoms with Crippen LogP contribution in [0.1, 0.15) is 5.56 Å². The van der Waals surface area contributed by atoms with Crippen LogP contribution in [0.25, 0.3) is 0 Å². The molecule has 1 aromatic carbocycles. The van der Waals surface area contributed by atoms with Crippen LogP contribution in [-0.2, 0) is 11.2 Å². The number of hydrogen-bond donors (Lipinski definition) is 2. The summed E-state index contributed by atoms with van der Waals surface area (Å²) in [5, 5.41) is 9.28. The summed E-state index contributed by atoms with van der Waals surface area (Å²) in [6, 6.07) is 4.46. The van der Waals surface area contributed by atoms with Crippen molar-refractivity contribution in [1.82, 2.24) is 0 Å². The van der Waals surface area contributed by atoms with Gasteiger partial charge in [0.05, 0.1) is 0 Å². The standard InChI is InChI=1S/C9H9ClINO2/c10-6-2-1-5(7(11)4-6)3-8(12)9(13)14/h1-2,4,8H,3,12H2,(H,13,14)/t8-/m1/s1. The van der Waals surface area contributed by atoms with Crippen molar-refractivity contribution in [2.24, 2.45) is 5.73 Å². The zero-order valence-electron chi connectivity index (χ0n) is 7.21. The first-order valence-corrected chi connectivity index (χ1v) is 5.38. The van der Waals surface area contributed by atoms with E-state index in [9.17, 15) is 4.79 Å². The second-order valence-electron chi connectivity index (χ2n) is 2.88. The van der Waals surface area contributed by atoms with Crippen LogP contribution >= 0.6 is 34.2 Å². The number of carboxylic acid groups (broad SMARTS) is 1. The van der Waals surface area contributed by atoms with Crippen LogP contribution in [0.5, 0.6) is 0 Å². The largest absolute Gasteiger partial charge is 0.480 e. The van der Waals surface area contributed by atoms with Crippen molar-refractivity contribution in [3.63, 3.8) is 0 Å². The van der Waals surface area contributed by atoms with Crippen molar-refractivity contribution in [2.45, 2.75) is 12.5 Å². The van der Waals surface area contributed by atoms with Crippen LogP contribution in [0, 0.1) is 3.57 Å². The number of carboxylic acids is 1. The van der Waals surface area contributed by atoms with Gasteiger partial charge in [0.2, 0.25) is 0 Å². The summed E-state index contributed by atoms with van der Waals surface area (Å²) in [6.07, 6.45) is 0.324. The molecule has 0 radical (unpaired) electrons. The molecule has 14 heavy (non-hydrogen) atoms. The van der Waals surface area contributed by atoms with Gasteiger partial charge in [0.15, 0.2) is 0 Å². The Hall–Kier alpha value is -0.330. The summed E-state index contributed by atoms with van der Waals surface area (Å²) < 4.78 is 0.937. The Kier molecular flexibility index (Phi) is 4.15. The van der Waals surface area contributed by atoms with E-state index in [2.05, 4.69) is 22.6 Å². The van der Waals surface area contributed by atoms with E-state index in [1.165, 1.54) is 0 Å². The number of hydrogen-bond acceptors (Lipinski definition) is 2. The van der Waals surface area contributed by atoms with Crippen LogP contribution in [0.3, 0.4) is 0 Å². The molecule has 3 nitrogen and oxygen atoms in total. The Morgan fingerprint density at radius 3 is 2.79 bits per heavy atom. The first-order valence-electron chi connectivity index (χ1n) is 3.93. The van der Waals surface area contributed by atoms with E-state index >= 15 is 0 Å². The van der Waals surface area contributed by atoms with Crippen molar-refractivity contribution < 1.29 is 9.90 Å². The van der Waals surface area contributed by atoms with E-state index in [4.69, 9.17) is 22.4 Å².